The predicted molar refractivity (Wildman–Crippen MR) is 86.4 cm³/mol. The fourth-order valence-electron chi connectivity index (χ4n) is 2.17. The summed E-state index contributed by atoms with van der Waals surface area (Å²) in [7, 11) is -4.27. The summed E-state index contributed by atoms with van der Waals surface area (Å²) in [6.07, 6.45) is 0.978. The molecule has 3 aromatic rings. The zero-order valence-corrected chi connectivity index (χ0v) is 13.9. The van der Waals surface area contributed by atoms with Crippen LogP contribution in [-0.4, -0.2) is 13.4 Å². The number of sulfone groups is 1. The van der Waals surface area contributed by atoms with E-state index in [4.69, 9.17) is 23.2 Å². The molecule has 1 N–H and O–H groups in total. The van der Waals surface area contributed by atoms with E-state index in [0.29, 0.717) is 0 Å². The number of aromatic amines is 1. The minimum Gasteiger partial charge on any atom is -0.360 e. The van der Waals surface area contributed by atoms with Gasteiger partial charge < -0.3 is 4.98 Å². The lowest BCUT2D eigenvalue weighted by Gasteiger charge is -2.07. The van der Waals surface area contributed by atoms with Crippen molar-refractivity contribution in [3.8, 4) is 0 Å². The molecule has 0 spiro atoms. The van der Waals surface area contributed by atoms with Crippen LogP contribution in [0.15, 0.2) is 51.1 Å². The summed E-state index contributed by atoms with van der Waals surface area (Å²) in [6.45, 7) is 0. The van der Waals surface area contributed by atoms with Crippen molar-refractivity contribution in [2.24, 2.45) is 0 Å². The van der Waals surface area contributed by atoms with Crippen LogP contribution in [-0.2, 0) is 9.84 Å². The van der Waals surface area contributed by atoms with Crippen molar-refractivity contribution < 1.29 is 17.2 Å². The number of halogens is 4. The summed E-state index contributed by atoms with van der Waals surface area (Å²) in [6, 6.07) is 4.80. The molecule has 0 aliphatic carbocycles. The second kappa shape index (κ2) is 5.84. The molecule has 0 saturated carbocycles. The Kier molecular flexibility index (Phi) is 4.11. The summed E-state index contributed by atoms with van der Waals surface area (Å²) < 4.78 is 52.0. The largest absolute Gasteiger partial charge is 0.360 e. The Balaban J connectivity index is 2.28. The molecule has 1 aromatic heterocycles. The second-order valence-corrected chi connectivity index (χ2v) is 7.61. The molecule has 1 heterocycles. The van der Waals surface area contributed by atoms with E-state index in [0.717, 1.165) is 30.5 Å². The zero-order valence-electron chi connectivity index (χ0n) is 11.6. The first-order chi connectivity index (χ1) is 11.2. The zero-order chi connectivity index (χ0) is 17.6. The molecule has 0 fully saturated rings. The summed E-state index contributed by atoms with van der Waals surface area (Å²) in [5.74, 6) is -1.64. The van der Waals surface area contributed by atoms with Gasteiger partial charge in [-0.05, 0) is 30.3 Å². The van der Waals surface area contributed by atoms with Gasteiger partial charge in [0.25, 0.3) is 0 Å². The molecule has 0 amide bonds. The molecule has 0 saturated heterocycles. The van der Waals surface area contributed by atoms with Crippen LogP contribution in [0.1, 0.15) is 0 Å². The number of fused-ring (bicyclic) bond motifs is 1. The second-order valence-electron chi connectivity index (χ2n) is 4.87. The van der Waals surface area contributed by atoms with Gasteiger partial charge in [0.1, 0.15) is 16.5 Å². The Labute approximate surface area is 144 Å². The summed E-state index contributed by atoms with van der Waals surface area (Å²) >= 11 is 11.2. The van der Waals surface area contributed by atoms with Gasteiger partial charge in [0.15, 0.2) is 0 Å². The molecule has 0 radical (unpaired) electrons. The molecule has 124 valence electrons. The third-order valence-electron chi connectivity index (χ3n) is 3.38. The van der Waals surface area contributed by atoms with Crippen LogP contribution in [0.3, 0.4) is 0 Å². The molecule has 4 nitrogen and oxygen atoms in total. The van der Waals surface area contributed by atoms with Crippen LogP contribution < -0.4 is 5.43 Å². The lowest BCUT2D eigenvalue weighted by Crippen LogP contribution is -2.16. The van der Waals surface area contributed by atoms with E-state index in [1.165, 1.54) is 6.07 Å². The standard InChI is InChI=1S/C15H7Cl2F2NO3S/c16-9-3-7(1-2-11(9)18)24(22,23)14-6-20-13-5-10(17)12(19)4-8(13)15(14)21/h1-6H,(H,20,21). The maximum atomic E-state index is 13.6. The van der Waals surface area contributed by atoms with Gasteiger partial charge in [0, 0.05) is 11.6 Å². The van der Waals surface area contributed by atoms with Crippen molar-refractivity contribution in [3.05, 3.63) is 68.4 Å². The first kappa shape index (κ1) is 16.9. The highest BCUT2D eigenvalue weighted by Gasteiger charge is 2.24. The van der Waals surface area contributed by atoms with Gasteiger partial charge in [-0.15, -0.1) is 0 Å². The Bertz CT molecular complexity index is 1140. The maximum Gasteiger partial charge on any atom is 0.211 e. The highest BCUT2D eigenvalue weighted by molar-refractivity contribution is 7.91. The number of hydrogen-bond donors (Lipinski definition) is 1. The highest BCUT2D eigenvalue weighted by atomic mass is 35.5. The first-order valence-corrected chi connectivity index (χ1v) is 8.66. The van der Waals surface area contributed by atoms with Crippen molar-refractivity contribution in [3.63, 3.8) is 0 Å². The molecule has 0 unspecified atom stereocenters. The maximum absolute atomic E-state index is 13.6. The average Bonchev–Trinajstić information content (AvgIpc) is 2.52. The summed E-state index contributed by atoms with van der Waals surface area (Å²) in [4.78, 5) is 14.1. The fourth-order valence-corrected chi connectivity index (χ4v) is 3.92. The lowest BCUT2D eigenvalue weighted by atomic mass is 10.2. The van der Waals surface area contributed by atoms with E-state index >= 15 is 0 Å². The fraction of sp³-hybridized carbons (Fsp3) is 0. The minimum absolute atomic E-state index is 0.175. The van der Waals surface area contributed by atoms with Crippen molar-refractivity contribution >= 4 is 43.9 Å². The van der Waals surface area contributed by atoms with Gasteiger partial charge in [-0.25, -0.2) is 17.2 Å². The van der Waals surface area contributed by atoms with Crippen molar-refractivity contribution in [2.75, 3.05) is 0 Å². The molecule has 3 rings (SSSR count). The molecule has 24 heavy (non-hydrogen) atoms. The summed E-state index contributed by atoms with van der Waals surface area (Å²) in [5, 5.41) is -0.781. The number of rotatable bonds is 2. The number of benzene rings is 2. The Hall–Kier alpha value is -1.96. The molecular formula is C15H7Cl2F2NO3S. The minimum atomic E-state index is -4.27. The Morgan fingerprint density at radius 3 is 2.29 bits per heavy atom. The van der Waals surface area contributed by atoms with E-state index in [1.807, 2.05) is 0 Å². The van der Waals surface area contributed by atoms with E-state index in [-0.39, 0.29) is 20.8 Å². The third kappa shape index (κ3) is 2.68. The van der Waals surface area contributed by atoms with Crippen LogP contribution >= 0.6 is 23.2 Å². The van der Waals surface area contributed by atoms with E-state index in [1.54, 1.807) is 0 Å². The molecule has 0 bridgehead atoms. The van der Waals surface area contributed by atoms with Crippen molar-refractivity contribution in [2.45, 2.75) is 9.79 Å². The van der Waals surface area contributed by atoms with Crippen LogP contribution in [0.5, 0.6) is 0 Å². The number of aromatic nitrogens is 1. The van der Waals surface area contributed by atoms with Crippen LogP contribution in [0.25, 0.3) is 10.9 Å². The number of pyridine rings is 1. The number of hydrogen-bond acceptors (Lipinski definition) is 3. The topological polar surface area (TPSA) is 67.0 Å². The molecular weight excluding hydrogens is 383 g/mol. The predicted octanol–water partition coefficient (Wildman–Crippen LogP) is 3.95. The Morgan fingerprint density at radius 2 is 1.62 bits per heavy atom. The molecule has 9 heteroatoms. The quantitative estimate of drug-likeness (QED) is 0.674. The first-order valence-electron chi connectivity index (χ1n) is 6.42. The molecule has 2 aromatic carbocycles. The smallest absolute Gasteiger partial charge is 0.211 e. The lowest BCUT2D eigenvalue weighted by molar-refractivity contribution is 0.593. The molecule has 0 aliphatic heterocycles. The van der Waals surface area contributed by atoms with Gasteiger partial charge in [0.05, 0.1) is 20.5 Å². The normalized spacial score (nSPS) is 11.8. The van der Waals surface area contributed by atoms with Gasteiger partial charge in [0.2, 0.25) is 15.3 Å². The van der Waals surface area contributed by atoms with Crippen LogP contribution in [0.4, 0.5) is 8.78 Å². The highest BCUT2D eigenvalue weighted by Crippen LogP contribution is 2.25. The molecule has 0 aliphatic rings. The van der Waals surface area contributed by atoms with E-state index in [2.05, 4.69) is 4.98 Å². The monoisotopic (exact) mass is 389 g/mol. The van der Waals surface area contributed by atoms with Gasteiger partial charge in [-0.1, -0.05) is 23.2 Å². The van der Waals surface area contributed by atoms with Gasteiger partial charge >= 0.3 is 0 Å². The Morgan fingerprint density at radius 1 is 0.958 bits per heavy atom. The van der Waals surface area contributed by atoms with Crippen LogP contribution in [0, 0.1) is 11.6 Å². The van der Waals surface area contributed by atoms with Gasteiger partial charge in [-0.3, -0.25) is 4.79 Å². The third-order valence-corrected chi connectivity index (χ3v) is 5.71. The molecule has 0 atom stereocenters. The van der Waals surface area contributed by atoms with Crippen molar-refractivity contribution in [1.29, 1.82) is 0 Å². The van der Waals surface area contributed by atoms with E-state index in [9.17, 15) is 22.0 Å². The number of H-pyrrole nitrogens is 1. The van der Waals surface area contributed by atoms with Crippen LogP contribution in [0.2, 0.25) is 10.0 Å². The summed E-state index contributed by atoms with van der Waals surface area (Å²) in [5.41, 5.74) is -0.720. The van der Waals surface area contributed by atoms with Gasteiger partial charge in [-0.2, -0.15) is 0 Å². The van der Waals surface area contributed by atoms with E-state index < -0.39 is 36.8 Å². The SMILES string of the molecule is O=c1c(S(=O)(=O)c2ccc(F)c(Cl)c2)c[nH]c2cc(Cl)c(F)cc12. The number of nitrogens with one attached hydrogen (secondary N) is 1. The van der Waals surface area contributed by atoms with Crippen molar-refractivity contribution in [1.82, 2.24) is 4.98 Å². The average molecular weight is 390 g/mol.